The van der Waals surface area contributed by atoms with E-state index in [0.717, 1.165) is 70.2 Å². The average Bonchev–Trinajstić information content (AvgIpc) is 2.95. The van der Waals surface area contributed by atoms with Crippen molar-refractivity contribution in [3.63, 3.8) is 0 Å². The van der Waals surface area contributed by atoms with Gasteiger partial charge in [0, 0.05) is 60.0 Å². The van der Waals surface area contributed by atoms with Crippen molar-refractivity contribution in [2.24, 2.45) is 0 Å². The lowest BCUT2D eigenvalue weighted by Crippen LogP contribution is -2.48. The first-order valence-electron chi connectivity index (χ1n) is 11.0. The number of hydrogen-bond acceptors (Lipinski definition) is 5. The number of benzene rings is 2. The van der Waals surface area contributed by atoms with E-state index in [9.17, 15) is 0 Å². The molecule has 1 atom stereocenters. The summed E-state index contributed by atoms with van der Waals surface area (Å²) in [7, 11) is 0. The number of ether oxygens (including phenoxy) is 2. The average molecular weight is 445 g/mol. The summed E-state index contributed by atoms with van der Waals surface area (Å²) >= 11 is 8.30. The molecule has 2 aromatic carbocycles. The van der Waals surface area contributed by atoms with Crippen LogP contribution in [0.1, 0.15) is 30.0 Å². The molecule has 2 fully saturated rings. The zero-order chi connectivity index (χ0) is 20.3. The first-order chi connectivity index (χ1) is 14.8. The van der Waals surface area contributed by atoms with Crippen LogP contribution in [-0.2, 0) is 15.9 Å². The monoisotopic (exact) mass is 444 g/mol. The van der Waals surface area contributed by atoms with Crippen LogP contribution >= 0.6 is 23.4 Å². The molecule has 2 saturated heterocycles. The van der Waals surface area contributed by atoms with Gasteiger partial charge in [-0.2, -0.15) is 0 Å². The van der Waals surface area contributed by atoms with Crippen molar-refractivity contribution >= 4 is 23.4 Å². The van der Waals surface area contributed by atoms with Gasteiger partial charge >= 0.3 is 0 Å². The van der Waals surface area contributed by atoms with Gasteiger partial charge in [0.2, 0.25) is 0 Å². The van der Waals surface area contributed by atoms with E-state index in [1.165, 1.54) is 20.9 Å². The third-order valence-electron chi connectivity index (χ3n) is 6.36. The molecular formula is C24H29ClN2O2S. The summed E-state index contributed by atoms with van der Waals surface area (Å²) in [5.74, 6) is 0. The van der Waals surface area contributed by atoms with Crippen LogP contribution in [0.4, 0.5) is 0 Å². The zero-order valence-electron chi connectivity index (χ0n) is 17.3. The van der Waals surface area contributed by atoms with Crippen LogP contribution < -0.4 is 0 Å². The highest BCUT2D eigenvalue weighted by molar-refractivity contribution is 7.99. The van der Waals surface area contributed by atoms with Gasteiger partial charge in [0.05, 0.1) is 13.2 Å². The Morgan fingerprint density at radius 1 is 0.967 bits per heavy atom. The van der Waals surface area contributed by atoms with Gasteiger partial charge in [-0.3, -0.25) is 4.90 Å². The van der Waals surface area contributed by atoms with E-state index >= 15 is 0 Å². The largest absolute Gasteiger partial charge is 0.353 e. The van der Waals surface area contributed by atoms with Crippen LogP contribution in [0.5, 0.6) is 0 Å². The van der Waals surface area contributed by atoms with Crippen LogP contribution in [0.15, 0.2) is 52.3 Å². The second kappa shape index (κ2) is 9.60. The van der Waals surface area contributed by atoms with Gasteiger partial charge in [-0.05, 0) is 48.2 Å². The number of hydrogen-bond donors (Lipinski definition) is 0. The molecule has 0 bridgehead atoms. The van der Waals surface area contributed by atoms with Gasteiger partial charge in [0.1, 0.15) is 0 Å². The molecule has 3 aliphatic rings. The van der Waals surface area contributed by atoms with E-state index < -0.39 is 0 Å². The van der Waals surface area contributed by atoms with Crippen LogP contribution in [0, 0.1) is 0 Å². The van der Waals surface area contributed by atoms with Crippen LogP contribution in [0.25, 0.3) is 0 Å². The molecule has 0 radical (unpaired) electrons. The fourth-order valence-corrected chi connectivity index (χ4v) is 5.99. The van der Waals surface area contributed by atoms with Gasteiger partial charge in [-0.25, -0.2) is 0 Å². The smallest absolute Gasteiger partial charge is 0.158 e. The SMILES string of the molecule is Clc1ccc2c(c1)C(N1CCN(CCC3OCCCO3)CC1)Cc1ccccc1S2. The maximum absolute atomic E-state index is 6.42. The summed E-state index contributed by atoms with van der Waals surface area (Å²) < 4.78 is 11.4. The Kier molecular flexibility index (Phi) is 6.65. The Morgan fingerprint density at radius 3 is 2.60 bits per heavy atom. The molecule has 160 valence electrons. The van der Waals surface area contributed by atoms with Gasteiger partial charge in [0.15, 0.2) is 6.29 Å². The molecule has 0 spiro atoms. The topological polar surface area (TPSA) is 24.9 Å². The van der Waals surface area contributed by atoms with E-state index in [1.54, 1.807) is 0 Å². The van der Waals surface area contributed by atoms with Crippen molar-refractivity contribution in [2.45, 2.75) is 41.4 Å². The minimum absolute atomic E-state index is 0.0128. The molecule has 2 aromatic rings. The summed E-state index contributed by atoms with van der Waals surface area (Å²) in [5, 5.41) is 0.830. The lowest BCUT2D eigenvalue weighted by atomic mass is 9.96. The summed E-state index contributed by atoms with van der Waals surface area (Å²) in [6, 6.07) is 15.6. The van der Waals surface area contributed by atoms with Gasteiger partial charge in [0.25, 0.3) is 0 Å². The molecule has 0 aliphatic carbocycles. The second-order valence-electron chi connectivity index (χ2n) is 8.30. The molecule has 30 heavy (non-hydrogen) atoms. The van der Waals surface area contributed by atoms with Crippen LogP contribution in [0.3, 0.4) is 0 Å². The third kappa shape index (κ3) is 4.72. The normalized spacial score (nSPS) is 23.6. The summed E-state index contributed by atoms with van der Waals surface area (Å²) in [6.07, 6.45) is 3.01. The number of piperazine rings is 1. The molecule has 0 N–H and O–H groups in total. The number of rotatable bonds is 4. The third-order valence-corrected chi connectivity index (χ3v) is 7.81. The lowest BCUT2D eigenvalue weighted by Gasteiger charge is -2.40. The van der Waals surface area contributed by atoms with Crippen molar-refractivity contribution in [1.29, 1.82) is 0 Å². The standard InChI is InChI=1S/C24H29ClN2O2S/c25-19-6-7-23-20(17-19)21(16-18-4-1-2-5-22(18)30-23)27-12-10-26(11-13-27)9-8-24-28-14-3-15-29-24/h1-2,4-7,17,21,24H,3,8-16H2. The fraction of sp³-hybridized carbons (Fsp3) is 0.500. The number of halogens is 1. The predicted octanol–water partition coefficient (Wildman–Crippen LogP) is 4.86. The minimum Gasteiger partial charge on any atom is -0.353 e. The van der Waals surface area contributed by atoms with E-state index in [-0.39, 0.29) is 6.29 Å². The summed E-state index contributed by atoms with van der Waals surface area (Å²) in [5.41, 5.74) is 2.81. The van der Waals surface area contributed by atoms with Crippen LogP contribution in [-0.4, -0.2) is 62.0 Å². The molecule has 3 heterocycles. The first kappa shape index (κ1) is 20.8. The van der Waals surface area contributed by atoms with E-state index in [1.807, 2.05) is 17.8 Å². The zero-order valence-corrected chi connectivity index (χ0v) is 18.8. The Morgan fingerprint density at radius 2 is 1.77 bits per heavy atom. The van der Waals surface area contributed by atoms with Crippen molar-refractivity contribution < 1.29 is 9.47 Å². The van der Waals surface area contributed by atoms with E-state index in [0.29, 0.717) is 6.04 Å². The van der Waals surface area contributed by atoms with Crippen LogP contribution in [0.2, 0.25) is 5.02 Å². The van der Waals surface area contributed by atoms with E-state index in [4.69, 9.17) is 21.1 Å². The van der Waals surface area contributed by atoms with Gasteiger partial charge in [-0.1, -0.05) is 41.6 Å². The number of fused-ring (bicyclic) bond motifs is 2. The quantitative estimate of drug-likeness (QED) is 0.670. The highest BCUT2D eigenvalue weighted by atomic mass is 35.5. The lowest BCUT2D eigenvalue weighted by molar-refractivity contribution is -0.183. The highest BCUT2D eigenvalue weighted by Gasteiger charge is 2.30. The first-order valence-corrected chi connectivity index (χ1v) is 12.2. The Labute approximate surface area is 188 Å². The summed E-state index contributed by atoms with van der Waals surface area (Å²) in [4.78, 5) is 7.91. The van der Waals surface area contributed by atoms with Gasteiger partial charge < -0.3 is 14.4 Å². The number of nitrogens with zero attached hydrogens (tertiary/aromatic N) is 2. The Bertz CT molecular complexity index is 866. The molecule has 1 unspecified atom stereocenters. The second-order valence-corrected chi connectivity index (χ2v) is 9.82. The molecule has 5 rings (SSSR count). The van der Waals surface area contributed by atoms with Crippen molar-refractivity contribution in [2.75, 3.05) is 45.9 Å². The molecule has 4 nitrogen and oxygen atoms in total. The predicted molar refractivity (Wildman–Crippen MR) is 121 cm³/mol. The fourth-order valence-electron chi connectivity index (χ4n) is 4.70. The highest BCUT2D eigenvalue weighted by Crippen LogP contribution is 2.43. The Hall–Kier alpha value is -1.08. The van der Waals surface area contributed by atoms with Crippen molar-refractivity contribution in [1.82, 2.24) is 9.80 Å². The molecule has 3 aliphatic heterocycles. The molecule has 6 heteroatoms. The summed E-state index contributed by atoms with van der Waals surface area (Å²) in [6.45, 7) is 7.06. The molecular weight excluding hydrogens is 416 g/mol. The Balaban J connectivity index is 1.27. The van der Waals surface area contributed by atoms with Gasteiger partial charge in [-0.15, -0.1) is 0 Å². The van der Waals surface area contributed by atoms with Crippen molar-refractivity contribution in [3.05, 3.63) is 58.6 Å². The molecule has 0 amide bonds. The molecule has 0 aromatic heterocycles. The maximum atomic E-state index is 6.42. The maximum Gasteiger partial charge on any atom is 0.158 e. The van der Waals surface area contributed by atoms with Crippen molar-refractivity contribution in [3.8, 4) is 0 Å². The van der Waals surface area contributed by atoms with E-state index in [2.05, 4.69) is 46.2 Å². The minimum atomic E-state index is -0.0128. The molecule has 0 saturated carbocycles.